The molecule has 1 aliphatic heterocycles. The number of nitrogens with one attached hydrogen (secondary N) is 2. The molecule has 0 radical (unpaired) electrons. The topological polar surface area (TPSA) is 66.9 Å². The fourth-order valence-electron chi connectivity index (χ4n) is 3.49. The first-order valence-electron chi connectivity index (χ1n) is 9.33. The van der Waals surface area contributed by atoms with Crippen LogP contribution in [0.2, 0.25) is 0 Å². The highest BCUT2D eigenvalue weighted by Crippen LogP contribution is 2.34. The molecule has 0 spiro atoms. The number of benzene rings is 2. The zero-order valence-electron chi connectivity index (χ0n) is 16.7. The van der Waals surface area contributed by atoms with Crippen molar-refractivity contribution in [3.63, 3.8) is 0 Å². The highest BCUT2D eigenvalue weighted by molar-refractivity contribution is 7.97. The lowest BCUT2D eigenvalue weighted by Crippen LogP contribution is -2.32. The van der Waals surface area contributed by atoms with Gasteiger partial charge >= 0.3 is 0 Å². The van der Waals surface area contributed by atoms with Gasteiger partial charge in [0.2, 0.25) is 5.95 Å². The molecule has 1 aliphatic rings. The van der Waals surface area contributed by atoms with Gasteiger partial charge in [0, 0.05) is 29.1 Å². The number of anilines is 2. The van der Waals surface area contributed by atoms with Gasteiger partial charge in [-0.15, -0.1) is 0 Å². The number of nitrogens with zero attached hydrogens (tertiary/aromatic N) is 2. The largest absolute Gasteiger partial charge is 0.343 e. The minimum atomic E-state index is -0.713. The monoisotopic (exact) mass is 426 g/mol. The maximum atomic E-state index is 14.2. The molecule has 0 aliphatic carbocycles. The molecule has 0 atom stereocenters. The van der Waals surface area contributed by atoms with E-state index in [1.807, 2.05) is 32.2 Å². The molecule has 0 bridgehead atoms. The first-order valence-corrected chi connectivity index (χ1v) is 10.7. The van der Waals surface area contributed by atoms with Crippen LogP contribution in [0, 0.1) is 11.6 Å². The maximum absolute atomic E-state index is 14.2. The molecule has 30 heavy (non-hydrogen) atoms. The summed E-state index contributed by atoms with van der Waals surface area (Å²) < 4.78 is 28.1. The van der Waals surface area contributed by atoms with E-state index >= 15 is 0 Å². The fourth-order valence-corrected chi connectivity index (χ4v) is 4.03. The second-order valence-corrected chi connectivity index (χ2v) is 8.45. The summed E-state index contributed by atoms with van der Waals surface area (Å²) in [6, 6.07) is 9.56. The van der Waals surface area contributed by atoms with Crippen LogP contribution >= 0.6 is 11.8 Å². The lowest BCUT2D eigenvalue weighted by molar-refractivity contribution is 0.0940. The van der Waals surface area contributed by atoms with Gasteiger partial charge in [-0.25, -0.2) is 18.7 Å². The molecule has 0 saturated carbocycles. The summed E-state index contributed by atoms with van der Waals surface area (Å²) in [5, 5.41) is 5.79. The molecule has 3 aromatic rings. The van der Waals surface area contributed by atoms with Crippen LogP contribution in [0.4, 0.5) is 20.4 Å². The molecule has 4 rings (SSSR count). The third-order valence-electron chi connectivity index (χ3n) is 5.00. The minimum absolute atomic E-state index is 0.0978. The van der Waals surface area contributed by atoms with Crippen LogP contribution in [0.1, 0.15) is 35.3 Å². The second kappa shape index (κ2) is 7.68. The number of thioether (sulfide) groups is 1. The summed E-state index contributed by atoms with van der Waals surface area (Å²) in [5.74, 6) is -0.762. The Kier molecular flexibility index (Phi) is 5.19. The van der Waals surface area contributed by atoms with Crippen LogP contribution in [0.3, 0.4) is 0 Å². The fraction of sp³-hybridized carbons (Fsp3) is 0.227. The number of carbonyl (C=O) groups is 1. The van der Waals surface area contributed by atoms with E-state index in [1.165, 1.54) is 17.8 Å². The number of amides is 1. The Morgan fingerprint density at radius 3 is 2.70 bits per heavy atom. The van der Waals surface area contributed by atoms with E-state index in [-0.39, 0.29) is 17.5 Å². The van der Waals surface area contributed by atoms with Crippen LogP contribution < -0.4 is 10.6 Å². The summed E-state index contributed by atoms with van der Waals surface area (Å²) in [5.41, 5.74) is 3.02. The standard InChI is InChI=1S/C22H20F2N4OS/c1-22(2)15-8-12(4-5-14(15)20(29)28-22)18-6-7-25-21(26-18)27-19-9-13(11-30-3)16(23)10-17(19)24/h4-10H,11H2,1-3H3,(H,28,29)(H,25,26,27). The Morgan fingerprint density at radius 1 is 1.13 bits per heavy atom. The Balaban J connectivity index is 1.67. The van der Waals surface area contributed by atoms with Crippen molar-refractivity contribution in [3.8, 4) is 11.3 Å². The van der Waals surface area contributed by atoms with Gasteiger partial charge in [-0.3, -0.25) is 4.79 Å². The lowest BCUT2D eigenvalue weighted by Gasteiger charge is -2.19. The summed E-state index contributed by atoms with van der Waals surface area (Å²) in [4.78, 5) is 20.7. The third-order valence-corrected chi connectivity index (χ3v) is 5.60. The molecule has 2 N–H and O–H groups in total. The zero-order valence-corrected chi connectivity index (χ0v) is 17.5. The van der Waals surface area contributed by atoms with Crippen LogP contribution in [0.25, 0.3) is 11.3 Å². The predicted molar refractivity (Wildman–Crippen MR) is 115 cm³/mol. The third kappa shape index (κ3) is 3.75. The van der Waals surface area contributed by atoms with Gasteiger partial charge in [0.1, 0.15) is 11.6 Å². The number of hydrogen-bond acceptors (Lipinski definition) is 5. The Morgan fingerprint density at radius 2 is 1.93 bits per heavy atom. The normalized spacial score (nSPS) is 14.4. The predicted octanol–water partition coefficient (Wildman–Crippen LogP) is 5.01. The Hall–Kier alpha value is -3.00. The SMILES string of the molecule is CSCc1cc(Nc2nccc(-c3ccc4c(c3)C(C)(C)NC4=O)n2)c(F)cc1F. The molecule has 1 aromatic heterocycles. The van der Waals surface area contributed by atoms with Gasteiger partial charge in [-0.05, 0) is 55.5 Å². The number of rotatable bonds is 5. The molecule has 2 aromatic carbocycles. The maximum Gasteiger partial charge on any atom is 0.252 e. The van der Waals surface area contributed by atoms with Crippen molar-refractivity contribution in [1.82, 2.24) is 15.3 Å². The second-order valence-electron chi connectivity index (χ2n) is 7.59. The van der Waals surface area contributed by atoms with Gasteiger partial charge in [0.15, 0.2) is 0 Å². The molecule has 8 heteroatoms. The molecule has 0 saturated heterocycles. The van der Waals surface area contributed by atoms with Crippen molar-refractivity contribution < 1.29 is 13.6 Å². The number of fused-ring (bicyclic) bond motifs is 1. The van der Waals surface area contributed by atoms with Crippen molar-refractivity contribution in [3.05, 3.63) is 70.9 Å². The first kappa shape index (κ1) is 20.3. The van der Waals surface area contributed by atoms with Gasteiger partial charge in [-0.2, -0.15) is 11.8 Å². The average Bonchev–Trinajstić information content (AvgIpc) is 2.94. The van der Waals surface area contributed by atoms with Crippen molar-refractivity contribution in [2.45, 2.75) is 25.1 Å². The van der Waals surface area contributed by atoms with E-state index in [0.29, 0.717) is 22.6 Å². The average molecular weight is 426 g/mol. The van der Waals surface area contributed by atoms with Gasteiger partial charge in [-0.1, -0.05) is 6.07 Å². The molecule has 1 amide bonds. The van der Waals surface area contributed by atoms with Crippen molar-refractivity contribution in [1.29, 1.82) is 0 Å². The molecule has 5 nitrogen and oxygen atoms in total. The molecule has 0 unspecified atom stereocenters. The van der Waals surface area contributed by atoms with Crippen molar-refractivity contribution >= 4 is 29.3 Å². The minimum Gasteiger partial charge on any atom is -0.343 e. The van der Waals surface area contributed by atoms with E-state index in [1.54, 1.807) is 18.3 Å². The summed E-state index contributed by atoms with van der Waals surface area (Å²) in [6.07, 6.45) is 3.42. The van der Waals surface area contributed by atoms with Crippen molar-refractivity contribution in [2.24, 2.45) is 0 Å². The van der Waals surface area contributed by atoms with Crippen LogP contribution in [0.5, 0.6) is 0 Å². The van der Waals surface area contributed by atoms with E-state index in [9.17, 15) is 13.6 Å². The van der Waals surface area contributed by atoms with Gasteiger partial charge in [0.05, 0.1) is 16.9 Å². The number of hydrogen-bond donors (Lipinski definition) is 2. The smallest absolute Gasteiger partial charge is 0.252 e. The highest BCUT2D eigenvalue weighted by Gasteiger charge is 2.35. The number of carbonyl (C=O) groups excluding carboxylic acids is 1. The van der Waals surface area contributed by atoms with E-state index in [0.717, 1.165) is 17.2 Å². The van der Waals surface area contributed by atoms with Crippen LogP contribution in [-0.2, 0) is 11.3 Å². The number of halogens is 2. The number of aromatic nitrogens is 2. The van der Waals surface area contributed by atoms with Gasteiger partial charge in [0.25, 0.3) is 5.91 Å². The zero-order chi connectivity index (χ0) is 21.5. The lowest BCUT2D eigenvalue weighted by atomic mass is 9.92. The van der Waals surface area contributed by atoms with Crippen molar-refractivity contribution in [2.75, 3.05) is 11.6 Å². The first-order chi connectivity index (χ1) is 14.3. The molecule has 154 valence electrons. The summed E-state index contributed by atoms with van der Waals surface area (Å²) in [7, 11) is 0. The van der Waals surface area contributed by atoms with E-state index < -0.39 is 17.2 Å². The van der Waals surface area contributed by atoms with E-state index in [2.05, 4.69) is 20.6 Å². The van der Waals surface area contributed by atoms with Crippen LogP contribution in [0.15, 0.2) is 42.6 Å². The molecule has 2 heterocycles. The molecular formula is C22H20F2N4OS. The van der Waals surface area contributed by atoms with Crippen LogP contribution in [-0.4, -0.2) is 22.1 Å². The molecule has 0 fully saturated rings. The van der Waals surface area contributed by atoms with Gasteiger partial charge < -0.3 is 10.6 Å². The Bertz CT molecular complexity index is 1150. The highest BCUT2D eigenvalue weighted by atomic mass is 32.2. The summed E-state index contributed by atoms with van der Waals surface area (Å²) in [6.45, 7) is 3.88. The summed E-state index contributed by atoms with van der Waals surface area (Å²) >= 11 is 1.45. The molecular weight excluding hydrogens is 406 g/mol. The Labute approximate surface area is 177 Å². The quantitative estimate of drug-likeness (QED) is 0.601. The van der Waals surface area contributed by atoms with E-state index in [4.69, 9.17) is 0 Å².